The summed E-state index contributed by atoms with van der Waals surface area (Å²) in [5.41, 5.74) is 6.62. The number of carbonyl (C=O) groups excluding carboxylic acids is 2. The van der Waals surface area contributed by atoms with Gasteiger partial charge in [-0.1, -0.05) is 0 Å². The van der Waals surface area contributed by atoms with E-state index in [1.54, 1.807) is 7.11 Å². The molecule has 0 aromatic carbocycles. The van der Waals surface area contributed by atoms with E-state index >= 15 is 0 Å². The molecule has 8 nitrogen and oxygen atoms in total. The van der Waals surface area contributed by atoms with Gasteiger partial charge < -0.3 is 19.9 Å². The topological polar surface area (TPSA) is 101 Å². The zero-order chi connectivity index (χ0) is 21.3. The maximum Gasteiger partial charge on any atom is 0.234 e. The summed E-state index contributed by atoms with van der Waals surface area (Å²) in [5.74, 6) is 0.270. The number of amides is 2. The summed E-state index contributed by atoms with van der Waals surface area (Å²) >= 11 is 0. The predicted octanol–water partition coefficient (Wildman–Crippen LogP) is -0.599. The molecule has 5 N–H and O–H groups in total. The number of methoxy groups -OCH3 is 1. The first-order valence-corrected chi connectivity index (χ1v) is 12.0. The molecular formula is C22H40N5O3+. The second-order valence-corrected chi connectivity index (χ2v) is 9.71. The zero-order valence-electron chi connectivity index (χ0n) is 18.6. The van der Waals surface area contributed by atoms with Gasteiger partial charge in [0, 0.05) is 20.2 Å². The quantitative estimate of drug-likeness (QED) is 0.474. The average Bonchev–Trinajstić information content (AvgIpc) is 2.78. The molecule has 1 aliphatic carbocycles. The van der Waals surface area contributed by atoms with Crippen LogP contribution >= 0.6 is 0 Å². The van der Waals surface area contributed by atoms with E-state index in [2.05, 4.69) is 17.6 Å². The minimum atomic E-state index is -0.316. The van der Waals surface area contributed by atoms with Gasteiger partial charge in [-0.05, 0) is 64.2 Å². The van der Waals surface area contributed by atoms with Crippen molar-refractivity contribution in [3.63, 3.8) is 0 Å². The van der Waals surface area contributed by atoms with Crippen LogP contribution in [0.4, 0.5) is 0 Å². The molecule has 30 heavy (non-hydrogen) atoms. The van der Waals surface area contributed by atoms with Crippen molar-refractivity contribution < 1.29 is 19.2 Å². The third-order valence-electron chi connectivity index (χ3n) is 8.08. The molecule has 0 bridgehead atoms. The van der Waals surface area contributed by atoms with Gasteiger partial charge in [0.05, 0.1) is 18.8 Å². The molecule has 0 aromatic heterocycles. The maximum atomic E-state index is 13.3. The Morgan fingerprint density at radius 3 is 2.73 bits per heavy atom. The van der Waals surface area contributed by atoms with Crippen LogP contribution in [-0.4, -0.2) is 68.1 Å². The van der Waals surface area contributed by atoms with E-state index in [1.165, 1.54) is 0 Å². The molecule has 3 saturated heterocycles. The Labute approximate surface area is 180 Å². The Kier molecular flexibility index (Phi) is 6.97. The van der Waals surface area contributed by atoms with E-state index in [9.17, 15) is 9.59 Å². The van der Waals surface area contributed by atoms with Crippen LogP contribution in [0.5, 0.6) is 0 Å². The van der Waals surface area contributed by atoms with Crippen molar-refractivity contribution in [2.45, 2.75) is 82.9 Å². The summed E-state index contributed by atoms with van der Waals surface area (Å²) in [7, 11) is 1.78. The normalized spacial score (nSPS) is 41.7. The Morgan fingerprint density at radius 1 is 1.27 bits per heavy atom. The van der Waals surface area contributed by atoms with E-state index in [0.29, 0.717) is 25.0 Å². The first kappa shape index (κ1) is 22.0. The fraction of sp³-hybridized carbons (Fsp3) is 0.909. The molecule has 8 heteroatoms. The SMILES string of the molecule is CC[NH+]1C(N)C(C(=O)NCC2CCC(OC)CC2)CC2C(=O)N3CCCCC3NC21. The number of hydrogen-bond acceptors (Lipinski definition) is 5. The first-order chi connectivity index (χ1) is 14.5. The third kappa shape index (κ3) is 4.24. The molecule has 3 aliphatic heterocycles. The molecule has 4 rings (SSSR count). The van der Waals surface area contributed by atoms with Gasteiger partial charge in [-0.15, -0.1) is 0 Å². The standard InChI is InChI=1S/C22H39N5O3/c1-3-26-19(23)16(21(28)24-13-14-7-9-15(30-2)10-8-14)12-17-20(26)25-18-6-4-5-11-27(18)22(17)29/h14-20,25H,3-13,23H2,1-2H3,(H,24,28)/p+1. The molecule has 6 atom stereocenters. The average molecular weight is 423 g/mol. The number of carbonyl (C=O) groups is 2. The van der Waals surface area contributed by atoms with Crippen LogP contribution in [-0.2, 0) is 14.3 Å². The van der Waals surface area contributed by atoms with Crippen molar-refractivity contribution in [2.24, 2.45) is 23.5 Å². The highest BCUT2D eigenvalue weighted by molar-refractivity contribution is 5.83. The van der Waals surface area contributed by atoms with Gasteiger partial charge in [-0.3, -0.25) is 15.3 Å². The summed E-state index contributed by atoms with van der Waals surface area (Å²) in [6.45, 7) is 4.43. The van der Waals surface area contributed by atoms with Crippen molar-refractivity contribution in [3.05, 3.63) is 0 Å². The number of piperidine rings is 2. The van der Waals surface area contributed by atoms with E-state index < -0.39 is 0 Å². The van der Waals surface area contributed by atoms with E-state index in [1.807, 2.05) is 4.90 Å². The van der Waals surface area contributed by atoms with Crippen molar-refractivity contribution in [1.29, 1.82) is 0 Å². The molecule has 1 saturated carbocycles. The molecule has 0 aromatic rings. The first-order valence-electron chi connectivity index (χ1n) is 12.0. The number of rotatable bonds is 5. The molecule has 0 spiro atoms. The summed E-state index contributed by atoms with van der Waals surface area (Å²) in [4.78, 5) is 29.6. The predicted molar refractivity (Wildman–Crippen MR) is 113 cm³/mol. The van der Waals surface area contributed by atoms with Crippen molar-refractivity contribution in [2.75, 3.05) is 26.7 Å². The number of hydrogen-bond donors (Lipinski definition) is 4. The van der Waals surface area contributed by atoms with Crippen molar-refractivity contribution >= 4 is 11.8 Å². The smallest absolute Gasteiger partial charge is 0.234 e. The lowest BCUT2D eigenvalue weighted by Gasteiger charge is -2.52. The highest BCUT2D eigenvalue weighted by Gasteiger charge is 2.54. The lowest BCUT2D eigenvalue weighted by molar-refractivity contribution is -0.963. The molecule has 3 heterocycles. The van der Waals surface area contributed by atoms with Crippen LogP contribution in [0.1, 0.15) is 58.3 Å². The number of nitrogens with one attached hydrogen (secondary N) is 3. The summed E-state index contributed by atoms with van der Waals surface area (Å²) in [6.07, 6.45) is 8.33. The summed E-state index contributed by atoms with van der Waals surface area (Å²) in [6, 6.07) is 0. The van der Waals surface area contributed by atoms with Crippen molar-refractivity contribution in [1.82, 2.24) is 15.5 Å². The fourth-order valence-electron chi connectivity index (χ4n) is 6.21. The second-order valence-electron chi connectivity index (χ2n) is 9.71. The second kappa shape index (κ2) is 9.51. The monoisotopic (exact) mass is 422 g/mol. The van der Waals surface area contributed by atoms with E-state index in [4.69, 9.17) is 10.5 Å². The Hall–Kier alpha value is -1.22. The van der Waals surface area contributed by atoms with Gasteiger partial charge in [0.15, 0.2) is 12.3 Å². The molecule has 170 valence electrons. The number of likely N-dealkylation sites (tertiary alicyclic amines) is 1. The number of nitrogens with zero attached hydrogens (tertiary/aromatic N) is 1. The van der Waals surface area contributed by atoms with Crippen molar-refractivity contribution in [3.8, 4) is 0 Å². The van der Waals surface area contributed by atoms with Crippen LogP contribution in [0.15, 0.2) is 0 Å². The number of nitrogens with two attached hydrogens (primary N) is 1. The largest absolute Gasteiger partial charge is 0.381 e. The van der Waals surface area contributed by atoms with Gasteiger partial charge in [0.2, 0.25) is 11.8 Å². The van der Waals surface area contributed by atoms with E-state index in [-0.39, 0.29) is 42.1 Å². The zero-order valence-corrected chi connectivity index (χ0v) is 18.6. The van der Waals surface area contributed by atoms with Gasteiger partial charge in [-0.25, -0.2) is 5.32 Å². The summed E-state index contributed by atoms with van der Waals surface area (Å²) < 4.78 is 5.45. The lowest BCUT2D eigenvalue weighted by Crippen LogP contribution is -3.25. The van der Waals surface area contributed by atoms with Crippen LogP contribution in [0.2, 0.25) is 0 Å². The Balaban J connectivity index is 1.39. The minimum absolute atomic E-state index is 0.0187. The minimum Gasteiger partial charge on any atom is -0.381 e. The fourth-order valence-corrected chi connectivity index (χ4v) is 6.21. The Bertz CT molecular complexity index is 624. The van der Waals surface area contributed by atoms with Gasteiger partial charge >= 0.3 is 0 Å². The van der Waals surface area contributed by atoms with Crippen LogP contribution < -0.4 is 21.3 Å². The van der Waals surface area contributed by atoms with Gasteiger partial charge in [0.25, 0.3) is 0 Å². The molecule has 6 unspecified atom stereocenters. The number of quaternary nitrogens is 1. The molecule has 0 radical (unpaired) electrons. The van der Waals surface area contributed by atoms with Gasteiger partial charge in [-0.2, -0.15) is 0 Å². The Morgan fingerprint density at radius 2 is 2.03 bits per heavy atom. The highest BCUT2D eigenvalue weighted by Crippen LogP contribution is 2.30. The lowest BCUT2D eigenvalue weighted by atomic mass is 9.80. The van der Waals surface area contributed by atoms with Crippen LogP contribution in [0.3, 0.4) is 0 Å². The maximum absolute atomic E-state index is 13.3. The highest BCUT2D eigenvalue weighted by atomic mass is 16.5. The molecule has 4 aliphatic rings. The van der Waals surface area contributed by atoms with Crippen LogP contribution in [0, 0.1) is 17.8 Å². The number of ether oxygens (including phenoxy) is 1. The number of fused-ring (bicyclic) bond motifs is 2. The molecule has 2 amide bonds. The third-order valence-corrected chi connectivity index (χ3v) is 8.08. The summed E-state index contributed by atoms with van der Waals surface area (Å²) in [5, 5.41) is 6.89. The van der Waals surface area contributed by atoms with Crippen LogP contribution in [0.25, 0.3) is 0 Å². The molecule has 4 fully saturated rings. The molecular weight excluding hydrogens is 382 g/mol. The van der Waals surface area contributed by atoms with Gasteiger partial charge in [0.1, 0.15) is 11.8 Å². The van der Waals surface area contributed by atoms with E-state index in [0.717, 1.165) is 62.9 Å².